The first-order valence-corrected chi connectivity index (χ1v) is 11.1. The molecule has 0 bridgehead atoms. The topological polar surface area (TPSA) is 97.4 Å². The van der Waals surface area contributed by atoms with E-state index in [9.17, 15) is 21.6 Å². The summed E-state index contributed by atoms with van der Waals surface area (Å²) in [5, 5.41) is 2.71. The Morgan fingerprint density at radius 2 is 2.14 bits per heavy atom. The number of nitrogens with one attached hydrogen (secondary N) is 1. The van der Waals surface area contributed by atoms with Gasteiger partial charge < -0.3 is 5.32 Å². The molecule has 1 saturated heterocycles. The lowest BCUT2D eigenvalue weighted by Crippen LogP contribution is -2.33. The number of carbonyl (C=O) groups is 1. The third-order valence-electron chi connectivity index (χ3n) is 3.23. The molecule has 0 aromatic carbocycles. The SMILES string of the molecule is CC(NC(=O)C1CCS(=O)(=O)C1)c1ccc(S(=O)(=O)Cl)s1. The first-order chi connectivity index (χ1) is 9.58. The second-order valence-corrected chi connectivity index (χ2v) is 11.1. The maximum Gasteiger partial charge on any atom is 0.270 e. The minimum atomic E-state index is -3.78. The van der Waals surface area contributed by atoms with Crippen LogP contribution < -0.4 is 5.32 Å². The van der Waals surface area contributed by atoms with Gasteiger partial charge in [0.2, 0.25) is 5.91 Å². The van der Waals surface area contributed by atoms with E-state index < -0.39 is 30.8 Å². The molecule has 0 aliphatic carbocycles. The summed E-state index contributed by atoms with van der Waals surface area (Å²) in [6, 6.07) is 2.55. The van der Waals surface area contributed by atoms with Crippen molar-refractivity contribution in [2.45, 2.75) is 23.6 Å². The number of rotatable bonds is 4. The van der Waals surface area contributed by atoms with E-state index in [0.29, 0.717) is 11.3 Å². The molecule has 1 aromatic heterocycles. The van der Waals surface area contributed by atoms with E-state index in [1.165, 1.54) is 6.07 Å². The fourth-order valence-corrected chi connectivity index (χ4v) is 5.94. The molecule has 1 N–H and O–H groups in total. The van der Waals surface area contributed by atoms with Gasteiger partial charge in [-0.3, -0.25) is 4.79 Å². The number of hydrogen-bond acceptors (Lipinski definition) is 6. The van der Waals surface area contributed by atoms with Gasteiger partial charge in [-0.2, -0.15) is 0 Å². The molecule has 1 fully saturated rings. The molecule has 2 heterocycles. The smallest absolute Gasteiger partial charge is 0.270 e. The molecule has 1 amide bonds. The molecule has 1 aliphatic heterocycles. The van der Waals surface area contributed by atoms with Crippen molar-refractivity contribution >= 4 is 46.8 Å². The maximum atomic E-state index is 12.0. The highest BCUT2D eigenvalue weighted by atomic mass is 35.7. The Labute approximate surface area is 131 Å². The summed E-state index contributed by atoms with van der Waals surface area (Å²) in [5.41, 5.74) is 0. The van der Waals surface area contributed by atoms with Crippen LogP contribution in [0.2, 0.25) is 0 Å². The normalized spacial score (nSPS) is 22.9. The summed E-state index contributed by atoms with van der Waals surface area (Å²) in [7, 11) is -1.64. The molecule has 1 aromatic rings. The molecule has 1 aliphatic rings. The number of hydrogen-bond donors (Lipinski definition) is 1. The number of carbonyl (C=O) groups excluding carboxylic acids is 1. The predicted molar refractivity (Wildman–Crippen MR) is 80.7 cm³/mol. The summed E-state index contributed by atoms with van der Waals surface area (Å²) in [4.78, 5) is 12.6. The lowest BCUT2D eigenvalue weighted by Gasteiger charge is -2.15. The van der Waals surface area contributed by atoms with Crippen molar-refractivity contribution in [2.24, 2.45) is 5.92 Å². The van der Waals surface area contributed by atoms with Crippen molar-refractivity contribution in [3.8, 4) is 0 Å². The second-order valence-electron chi connectivity index (χ2n) is 4.92. The van der Waals surface area contributed by atoms with E-state index in [2.05, 4.69) is 5.32 Å². The largest absolute Gasteiger partial charge is 0.348 e. The van der Waals surface area contributed by atoms with Crippen molar-refractivity contribution < 1.29 is 21.6 Å². The average molecular weight is 372 g/mol. The van der Waals surface area contributed by atoms with Crippen molar-refractivity contribution in [3.63, 3.8) is 0 Å². The van der Waals surface area contributed by atoms with Crippen molar-refractivity contribution in [1.29, 1.82) is 0 Å². The summed E-state index contributed by atoms with van der Waals surface area (Å²) in [6.07, 6.45) is 0.326. The van der Waals surface area contributed by atoms with Crippen LogP contribution in [0.5, 0.6) is 0 Å². The van der Waals surface area contributed by atoms with E-state index in [1.807, 2.05) is 0 Å². The summed E-state index contributed by atoms with van der Waals surface area (Å²) in [5.74, 6) is -0.953. The van der Waals surface area contributed by atoms with Gasteiger partial charge in [-0.15, -0.1) is 11.3 Å². The highest BCUT2D eigenvalue weighted by Gasteiger charge is 2.33. The van der Waals surface area contributed by atoms with E-state index in [1.54, 1.807) is 13.0 Å². The highest BCUT2D eigenvalue weighted by Crippen LogP contribution is 2.29. The van der Waals surface area contributed by atoms with Crippen LogP contribution in [0.3, 0.4) is 0 Å². The van der Waals surface area contributed by atoms with Gasteiger partial charge in [0, 0.05) is 15.6 Å². The van der Waals surface area contributed by atoms with Gasteiger partial charge in [-0.05, 0) is 25.5 Å². The zero-order chi connectivity index (χ0) is 15.8. The third-order valence-corrected chi connectivity index (χ3v) is 8.36. The van der Waals surface area contributed by atoms with Crippen molar-refractivity contribution in [3.05, 3.63) is 17.0 Å². The lowest BCUT2D eigenvalue weighted by molar-refractivity contribution is -0.124. The summed E-state index contributed by atoms with van der Waals surface area (Å²) < 4.78 is 45.1. The molecule has 10 heteroatoms. The molecule has 2 rings (SSSR count). The van der Waals surface area contributed by atoms with Gasteiger partial charge in [-0.25, -0.2) is 16.8 Å². The number of thiophene rings is 1. The molecule has 0 spiro atoms. The highest BCUT2D eigenvalue weighted by molar-refractivity contribution is 8.15. The van der Waals surface area contributed by atoms with E-state index in [0.717, 1.165) is 11.3 Å². The number of halogens is 1. The Balaban J connectivity index is 2.03. The van der Waals surface area contributed by atoms with Crippen LogP contribution in [0.4, 0.5) is 0 Å². The van der Waals surface area contributed by atoms with Crippen LogP contribution in [-0.4, -0.2) is 34.2 Å². The zero-order valence-electron chi connectivity index (χ0n) is 11.1. The Bertz CT molecular complexity index is 753. The Hall–Kier alpha value is -0.640. The van der Waals surface area contributed by atoms with Gasteiger partial charge in [0.25, 0.3) is 9.05 Å². The molecule has 0 saturated carbocycles. The minimum Gasteiger partial charge on any atom is -0.348 e. The van der Waals surface area contributed by atoms with Gasteiger partial charge in [-0.1, -0.05) is 0 Å². The molecule has 118 valence electrons. The van der Waals surface area contributed by atoms with Crippen molar-refractivity contribution in [2.75, 3.05) is 11.5 Å². The second kappa shape index (κ2) is 5.86. The molecule has 21 heavy (non-hydrogen) atoms. The first kappa shape index (κ1) is 16.7. The molecule has 6 nitrogen and oxygen atoms in total. The van der Waals surface area contributed by atoms with Crippen LogP contribution >= 0.6 is 22.0 Å². The quantitative estimate of drug-likeness (QED) is 0.804. The van der Waals surface area contributed by atoms with Crippen LogP contribution in [-0.2, 0) is 23.7 Å². The Morgan fingerprint density at radius 1 is 1.48 bits per heavy atom. The monoisotopic (exact) mass is 371 g/mol. The molecular weight excluding hydrogens is 358 g/mol. The van der Waals surface area contributed by atoms with Gasteiger partial charge in [0.05, 0.1) is 23.5 Å². The Kier molecular flexibility index (Phi) is 4.67. The molecular formula is C11H14ClNO5S3. The lowest BCUT2D eigenvalue weighted by atomic mass is 10.1. The van der Waals surface area contributed by atoms with Gasteiger partial charge >= 0.3 is 0 Å². The van der Waals surface area contributed by atoms with Crippen LogP contribution in [0.1, 0.15) is 24.3 Å². The number of amides is 1. The molecule has 2 atom stereocenters. The van der Waals surface area contributed by atoms with E-state index >= 15 is 0 Å². The van der Waals surface area contributed by atoms with Crippen molar-refractivity contribution in [1.82, 2.24) is 5.32 Å². The van der Waals surface area contributed by atoms with Gasteiger partial charge in [0.1, 0.15) is 4.21 Å². The Morgan fingerprint density at radius 3 is 2.62 bits per heavy atom. The molecule has 0 radical (unpaired) electrons. The van der Waals surface area contributed by atoms with Crippen LogP contribution in [0.15, 0.2) is 16.3 Å². The average Bonchev–Trinajstić information content (AvgIpc) is 2.94. The summed E-state index contributed by atoms with van der Waals surface area (Å²) in [6.45, 7) is 1.71. The standard InChI is InChI=1S/C11H14ClNO5S3/c1-7(9-2-3-10(19-9)21(12,17)18)13-11(14)8-4-5-20(15,16)6-8/h2-3,7-8H,4-6H2,1H3,(H,13,14). The first-order valence-electron chi connectivity index (χ1n) is 6.14. The van der Waals surface area contributed by atoms with E-state index in [4.69, 9.17) is 10.7 Å². The predicted octanol–water partition coefficient (Wildman–Crippen LogP) is 1.29. The fourth-order valence-electron chi connectivity index (χ4n) is 2.10. The fraction of sp³-hybridized carbons (Fsp3) is 0.545. The third kappa shape index (κ3) is 4.18. The van der Waals surface area contributed by atoms with Crippen LogP contribution in [0, 0.1) is 5.92 Å². The zero-order valence-corrected chi connectivity index (χ0v) is 14.3. The van der Waals surface area contributed by atoms with Crippen LogP contribution in [0.25, 0.3) is 0 Å². The minimum absolute atomic E-state index is 0.0173. The van der Waals surface area contributed by atoms with E-state index in [-0.39, 0.29) is 21.6 Å². The van der Waals surface area contributed by atoms with Gasteiger partial charge in [0.15, 0.2) is 9.84 Å². The maximum absolute atomic E-state index is 12.0. The summed E-state index contributed by atoms with van der Waals surface area (Å²) >= 11 is 0.979. The molecule has 2 unspecified atom stereocenters. The number of sulfone groups is 1.